The Labute approximate surface area is 139 Å². The van der Waals surface area contributed by atoms with Crippen molar-refractivity contribution in [1.29, 1.82) is 0 Å². The van der Waals surface area contributed by atoms with Crippen molar-refractivity contribution in [3.05, 3.63) is 5.82 Å². The number of fused-ring (bicyclic) bond motifs is 1. The normalized spacial score (nSPS) is 22.2. The van der Waals surface area contributed by atoms with E-state index in [1.54, 1.807) is 6.82 Å². The van der Waals surface area contributed by atoms with Gasteiger partial charge >= 0.3 is 25.6 Å². The fourth-order valence-corrected chi connectivity index (χ4v) is 2.08. The van der Waals surface area contributed by atoms with Gasteiger partial charge in [-0.1, -0.05) is 58.2 Å². The summed E-state index contributed by atoms with van der Waals surface area (Å²) < 4.78 is 9.77. The first-order chi connectivity index (χ1) is 10.8. The van der Waals surface area contributed by atoms with Gasteiger partial charge in [-0.2, -0.15) is 0 Å². The van der Waals surface area contributed by atoms with Crippen LogP contribution in [0.1, 0.15) is 64.2 Å². The molecular weight excluding hydrogens is 298 g/mol. The Morgan fingerprint density at radius 3 is 1.30 bits per heavy atom. The molecule has 0 unspecified atom stereocenters. The smallest absolute Gasteiger partial charge is 0.556 e. The van der Waals surface area contributed by atoms with Crippen LogP contribution >= 0.6 is 0 Å². The van der Waals surface area contributed by atoms with E-state index >= 15 is 0 Å². The molecule has 0 bridgehead atoms. The fraction of sp³-hybridized carbons (Fsp3) is 0.800. The van der Waals surface area contributed by atoms with E-state index in [1.807, 2.05) is 0 Å². The van der Waals surface area contributed by atoms with Crippen molar-refractivity contribution in [3.8, 4) is 0 Å². The maximum absolute atomic E-state index is 10.7. The number of hydrogen-bond donors (Lipinski definition) is 2. The quantitative estimate of drug-likeness (QED) is 0.524. The Morgan fingerprint density at radius 1 is 0.870 bits per heavy atom. The Morgan fingerprint density at radius 2 is 1.13 bits per heavy atom. The molecule has 0 aromatic rings. The molecule has 0 aromatic carbocycles. The molecule has 130 valence electrons. The van der Waals surface area contributed by atoms with Crippen LogP contribution in [0.5, 0.6) is 0 Å². The molecule has 2 saturated carbocycles. The van der Waals surface area contributed by atoms with Gasteiger partial charge in [0.2, 0.25) is 0 Å². The molecule has 2 N–H and O–H groups in total. The molecule has 0 radical (unpaired) electrons. The third-order valence-electron chi connectivity index (χ3n) is 4.20. The molecule has 0 amide bonds. The van der Waals surface area contributed by atoms with Crippen molar-refractivity contribution in [3.63, 3.8) is 0 Å². The maximum Gasteiger partial charge on any atom is 0.556 e. The highest BCUT2D eigenvalue weighted by Gasteiger charge is 2.60. The minimum atomic E-state index is -1.68. The van der Waals surface area contributed by atoms with E-state index in [2.05, 4.69) is 0 Å². The largest absolute Gasteiger partial charge is 0.614 e. The summed E-state index contributed by atoms with van der Waals surface area (Å²) in [6.45, 7) is 1.26. The van der Waals surface area contributed by atoms with Crippen LogP contribution in [0.4, 0.5) is 0 Å². The second kappa shape index (κ2) is 9.88. The van der Waals surface area contributed by atoms with Gasteiger partial charge < -0.3 is 19.4 Å². The van der Waals surface area contributed by atoms with Gasteiger partial charge in [0.15, 0.2) is 0 Å². The second-order valence-electron chi connectivity index (χ2n) is 6.54. The van der Waals surface area contributed by atoms with Crippen molar-refractivity contribution in [2.45, 2.75) is 77.9 Å². The Kier molecular flexibility index (Phi) is 8.55. The Balaban J connectivity index is 0.000000182. The van der Waals surface area contributed by atoms with Crippen molar-refractivity contribution in [2.75, 3.05) is 0 Å². The van der Waals surface area contributed by atoms with Gasteiger partial charge in [-0.3, -0.25) is 9.59 Å². The first kappa shape index (κ1) is 19.9. The highest BCUT2D eigenvalue weighted by Crippen LogP contribution is 2.39. The molecule has 4 rings (SSSR count). The van der Waals surface area contributed by atoms with Gasteiger partial charge in [0.25, 0.3) is 0 Å². The zero-order valence-corrected chi connectivity index (χ0v) is 14.3. The van der Waals surface area contributed by atoms with Gasteiger partial charge in [-0.25, -0.2) is 0 Å². The molecule has 4 aliphatic rings. The van der Waals surface area contributed by atoms with Crippen molar-refractivity contribution >= 4 is 25.6 Å². The first-order valence-corrected chi connectivity index (χ1v) is 8.66. The van der Waals surface area contributed by atoms with E-state index in [9.17, 15) is 9.59 Å². The van der Waals surface area contributed by atoms with E-state index in [4.69, 9.17) is 19.4 Å². The van der Waals surface area contributed by atoms with E-state index in [0.717, 1.165) is 5.82 Å². The van der Waals surface area contributed by atoms with Gasteiger partial charge in [-0.05, 0) is 6.82 Å². The fourth-order valence-electron chi connectivity index (χ4n) is 2.08. The van der Waals surface area contributed by atoms with Crippen LogP contribution in [-0.2, 0) is 18.9 Å². The zero-order valence-electron chi connectivity index (χ0n) is 14.3. The average Bonchev–Trinajstić information content (AvgIpc) is 2.59. The summed E-state index contributed by atoms with van der Waals surface area (Å²) in [5.41, 5.74) is 0. The van der Waals surface area contributed by atoms with Crippen LogP contribution in [-0.4, -0.2) is 35.7 Å². The maximum atomic E-state index is 10.7. The van der Waals surface area contributed by atoms with Crippen molar-refractivity contribution in [2.24, 2.45) is 0 Å². The average molecular weight is 326 g/mol. The van der Waals surface area contributed by atoms with Crippen molar-refractivity contribution in [1.82, 2.24) is 0 Å². The lowest BCUT2D eigenvalue weighted by atomic mass is 9.51. The van der Waals surface area contributed by atoms with E-state index in [-0.39, 0.29) is 24.8 Å². The monoisotopic (exact) mass is 326 g/mol. The van der Waals surface area contributed by atoms with Crippen LogP contribution in [0.15, 0.2) is 0 Å². The number of hydrogen-bond acceptors (Lipinski definition) is 6. The minimum Gasteiger partial charge on any atom is -0.614 e. The number of carbonyl (C=O) groups excluding carboxylic acids is 2. The molecular formula is C15H28B2O6. The summed E-state index contributed by atoms with van der Waals surface area (Å²) in [5, 5.41) is 15.2. The van der Waals surface area contributed by atoms with Crippen LogP contribution in [0, 0.1) is 5.82 Å². The third kappa shape index (κ3) is 7.79. The molecule has 2 aliphatic carbocycles. The Bertz CT molecular complexity index is 341. The standard InChI is InChI=1S/C6H7BO4.2C4H8.CH5BO2/c1-7-4(2-5(8)10-7)3-6(9)11-7;2*1-2-4-3-1;1-2(3)4/h2-3H2,1H3;2*1-4H2;3-4H,1H3. The zero-order chi connectivity index (χ0) is 17.3. The van der Waals surface area contributed by atoms with Crippen LogP contribution in [0.3, 0.4) is 0 Å². The summed E-state index contributed by atoms with van der Waals surface area (Å²) in [5.74, 6) is 0.241. The summed E-state index contributed by atoms with van der Waals surface area (Å²) in [6, 6.07) is 0. The molecule has 8 heteroatoms. The Hall–Kier alpha value is -1.14. The minimum absolute atomic E-state index is 0.252. The molecule has 23 heavy (non-hydrogen) atoms. The van der Waals surface area contributed by atoms with E-state index in [0.29, 0.717) is 0 Å². The number of carbonyl (C=O) groups is 2. The SMILES string of the molecule is C1CCC1.C1CCC1.CB(O)O.C[B-]12OC(=O)C[C+]1CC(=O)O2. The summed E-state index contributed by atoms with van der Waals surface area (Å²) in [4.78, 5) is 21.5. The van der Waals surface area contributed by atoms with E-state index in [1.165, 1.54) is 58.2 Å². The van der Waals surface area contributed by atoms with Gasteiger partial charge in [-0.15, -0.1) is 0 Å². The second-order valence-corrected chi connectivity index (χ2v) is 6.54. The van der Waals surface area contributed by atoms with Gasteiger partial charge in [0.05, 0.1) is 0 Å². The molecule has 2 saturated heterocycles. The first-order valence-electron chi connectivity index (χ1n) is 8.66. The lowest BCUT2D eigenvalue weighted by Crippen LogP contribution is -2.35. The predicted molar refractivity (Wildman–Crippen MR) is 89.3 cm³/mol. The van der Waals surface area contributed by atoms with Crippen LogP contribution < -0.4 is 0 Å². The molecule has 6 nitrogen and oxygen atoms in total. The van der Waals surface area contributed by atoms with E-state index < -0.39 is 13.7 Å². The van der Waals surface area contributed by atoms with Gasteiger partial charge in [0, 0.05) is 5.82 Å². The number of rotatable bonds is 0. The van der Waals surface area contributed by atoms with Crippen LogP contribution in [0.2, 0.25) is 13.6 Å². The lowest BCUT2D eigenvalue weighted by Gasteiger charge is -2.18. The summed E-state index contributed by atoms with van der Waals surface area (Å²) in [6.07, 6.45) is 12.5. The summed E-state index contributed by atoms with van der Waals surface area (Å²) >= 11 is 0. The predicted octanol–water partition coefficient (Wildman–Crippen LogP) is 2.28. The van der Waals surface area contributed by atoms with Crippen LogP contribution in [0.25, 0.3) is 0 Å². The lowest BCUT2D eigenvalue weighted by molar-refractivity contribution is -0.138. The molecule has 0 atom stereocenters. The topological polar surface area (TPSA) is 93.1 Å². The van der Waals surface area contributed by atoms with Crippen molar-refractivity contribution < 1.29 is 28.9 Å². The van der Waals surface area contributed by atoms with Gasteiger partial charge in [0.1, 0.15) is 12.8 Å². The summed E-state index contributed by atoms with van der Waals surface area (Å²) in [7, 11) is -1.17. The highest BCUT2D eigenvalue weighted by molar-refractivity contribution is 6.78. The molecule has 2 heterocycles. The third-order valence-corrected chi connectivity index (χ3v) is 4.20. The molecule has 2 aliphatic heterocycles. The molecule has 0 aromatic heterocycles. The molecule has 0 spiro atoms. The highest BCUT2D eigenvalue weighted by atomic mass is 16.7. The molecule has 4 fully saturated rings.